The standard InChI is InChI=1S/C13H18N2O/c1-13(2,7-8-14)15-11-6-4-3-5-10(11)9-12(15)16/h3-6H,7-9,14H2,1-2H3. The molecular formula is C13H18N2O. The first-order chi connectivity index (χ1) is 7.56. The second-order valence-electron chi connectivity index (χ2n) is 4.89. The van der Waals surface area contributed by atoms with E-state index in [4.69, 9.17) is 5.73 Å². The van der Waals surface area contributed by atoms with Crippen molar-refractivity contribution in [2.24, 2.45) is 5.73 Å². The van der Waals surface area contributed by atoms with E-state index >= 15 is 0 Å². The average molecular weight is 218 g/mol. The van der Waals surface area contributed by atoms with Crippen LogP contribution in [0.3, 0.4) is 0 Å². The topological polar surface area (TPSA) is 46.3 Å². The van der Waals surface area contributed by atoms with Crippen LogP contribution in [0, 0.1) is 0 Å². The quantitative estimate of drug-likeness (QED) is 0.839. The highest BCUT2D eigenvalue weighted by Crippen LogP contribution is 2.35. The second kappa shape index (κ2) is 3.91. The van der Waals surface area contributed by atoms with Gasteiger partial charge < -0.3 is 10.6 Å². The van der Waals surface area contributed by atoms with Crippen LogP contribution in [0.2, 0.25) is 0 Å². The zero-order chi connectivity index (χ0) is 11.8. The van der Waals surface area contributed by atoms with Crippen LogP contribution in [-0.4, -0.2) is 18.0 Å². The Morgan fingerprint density at radius 2 is 2.06 bits per heavy atom. The van der Waals surface area contributed by atoms with E-state index in [1.54, 1.807) is 0 Å². The van der Waals surface area contributed by atoms with Gasteiger partial charge >= 0.3 is 0 Å². The molecule has 1 aliphatic rings. The molecule has 0 radical (unpaired) electrons. The van der Waals surface area contributed by atoms with E-state index in [-0.39, 0.29) is 11.4 Å². The van der Waals surface area contributed by atoms with Crippen molar-refractivity contribution in [1.82, 2.24) is 0 Å². The minimum Gasteiger partial charge on any atom is -0.330 e. The number of para-hydroxylation sites is 1. The maximum absolute atomic E-state index is 12.0. The van der Waals surface area contributed by atoms with Crippen LogP contribution in [0.5, 0.6) is 0 Å². The van der Waals surface area contributed by atoms with Crippen LogP contribution in [0.1, 0.15) is 25.8 Å². The molecule has 2 rings (SSSR count). The van der Waals surface area contributed by atoms with Crippen molar-refractivity contribution in [2.75, 3.05) is 11.4 Å². The minimum absolute atomic E-state index is 0.180. The molecule has 1 amide bonds. The van der Waals surface area contributed by atoms with Crippen LogP contribution in [-0.2, 0) is 11.2 Å². The van der Waals surface area contributed by atoms with Gasteiger partial charge in [0.15, 0.2) is 0 Å². The molecule has 86 valence electrons. The summed E-state index contributed by atoms with van der Waals surface area (Å²) in [5.74, 6) is 0.180. The maximum atomic E-state index is 12.0. The molecule has 0 saturated heterocycles. The Hall–Kier alpha value is -1.35. The molecule has 3 heteroatoms. The molecule has 0 spiro atoms. The van der Waals surface area contributed by atoms with Crippen LogP contribution >= 0.6 is 0 Å². The van der Waals surface area contributed by atoms with Crippen LogP contribution in [0.4, 0.5) is 5.69 Å². The Labute approximate surface area is 96.2 Å². The van der Waals surface area contributed by atoms with E-state index in [1.807, 2.05) is 29.2 Å². The number of nitrogens with two attached hydrogens (primary N) is 1. The molecule has 2 N–H and O–H groups in total. The van der Waals surface area contributed by atoms with Gasteiger partial charge in [0, 0.05) is 11.2 Å². The second-order valence-corrected chi connectivity index (χ2v) is 4.89. The third kappa shape index (κ3) is 1.71. The number of nitrogens with zero attached hydrogens (tertiary/aromatic N) is 1. The molecule has 0 fully saturated rings. The van der Waals surface area contributed by atoms with Gasteiger partial charge in [-0.25, -0.2) is 0 Å². The summed E-state index contributed by atoms with van der Waals surface area (Å²) >= 11 is 0. The third-order valence-electron chi connectivity index (χ3n) is 3.19. The SMILES string of the molecule is CC(C)(CCN)N1C(=O)Cc2ccccc21. The number of amides is 1. The van der Waals surface area contributed by atoms with Crippen LogP contribution < -0.4 is 10.6 Å². The monoisotopic (exact) mass is 218 g/mol. The normalized spacial score (nSPS) is 15.4. The summed E-state index contributed by atoms with van der Waals surface area (Å²) in [6, 6.07) is 7.98. The van der Waals surface area contributed by atoms with Crippen molar-refractivity contribution in [3.8, 4) is 0 Å². The lowest BCUT2D eigenvalue weighted by atomic mass is 9.98. The van der Waals surface area contributed by atoms with Gasteiger partial charge in [-0.15, -0.1) is 0 Å². The maximum Gasteiger partial charge on any atom is 0.231 e. The molecule has 0 aliphatic carbocycles. The van der Waals surface area contributed by atoms with E-state index in [1.165, 1.54) is 0 Å². The summed E-state index contributed by atoms with van der Waals surface area (Å²) in [6.45, 7) is 4.73. The van der Waals surface area contributed by atoms with E-state index in [0.29, 0.717) is 13.0 Å². The van der Waals surface area contributed by atoms with Crippen molar-refractivity contribution in [2.45, 2.75) is 32.2 Å². The first-order valence-electron chi connectivity index (χ1n) is 5.67. The molecule has 0 aromatic heterocycles. The first-order valence-corrected chi connectivity index (χ1v) is 5.67. The first kappa shape index (κ1) is 11.1. The number of benzene rings is 1. The number of rotatable bonds is 3. The number of anilines is 1. The number of hydrogen-bond donors (Lipinski definition) is 1. The molecular weight excluding hydrogens is 200 g/mol. The van der Waals surface area contributed by atoms with E-state index < -0.39 is 0 Å². The average Bonchev–Trinajstić information content (AvgIpc) is 2.53. The fourth-order valence-corrected chi connectivity index (χ4v) is 2.38. The van der Waals surface area contributed by atoms with E-state index in [0.717, 1.165) is 17.7 Å². The van der Waals surface area contributed by atoms with Crippen molar-refractivity contribution in [3.63, 3.8) is 0 Å². The summed E-state index contributed by atoms with van der Waals surface area (Å²) in [5.41, 5.74) is 7.58. The van der Waals surface area contributed by atoms with Crippen molar-refractivity contribution in [3.05, 3.63) is 29.8 Å². The predicted octanol–water partition coefficient (Wildman–Crippen LogP) is 1.70. The number of carbonyl (C=O) groups excluding carboxylic acids is 1. The molecule has 0 saturated carbocycles. The highest BCUT2D eigenvalue weighted by molar-refractivity contribution is 6.02. The van der Waals surface area contributed by atoms with E-state index in [9.17, 15) is 4.79 Å². The smallest absolute Gasteiger partial charge is 0.231 e. The molecule has 0 atom stereocenters. The molecule has 1 heterocycles. The highest BCUT2D eigenvalue weighted by atomic mass is 16.2. The summed E-state index contributed by atoms with van der Waals surface area (Å²) in [7, 11) is 0. The van der Waals surface area contributed by atoms with Gasteiger partial charge in [0.05, 0.1) is 6.42 Å². The Kier molecular flexibility index (Phi) is 2.72. The van der Waals surface area contributed by atoms with Gasteiger partial charge in [-0.2, -0.15) is 0 Å². The van der Waals surface area contributed by atoms with Crippen molar-refractivity contribution in [1.29, 1.82) is 0 Å². The van der Waals surface area contributed by atoms with Gasteiger partial charge in [0.25, 0.3) is 0 Å². The van der Waals surface area contributed by atoms with E-state index in [2.05, 4.69) is 13.8 Å². The minimum atomic E-state index is -0.196. The molecule has 0 unspecified atom stereocenters. The molecule has 3 nitrogen and oxygen atoms in total. The molecule has 1 aromatic rings. The van der Waals surface area contributed by atoms with Gasteiger partial charge in [-0.05, 0) is 38.4 Å². The summed E-state index contributed by atoms with van der Waals surface area (Å²) in [5, 5.41) is 0. The van der Waals surface area contributed by atoms with Crippen molar-refractivity contribution >= 4 is 11.6 Å². The van der Waals surface area contributed by atoms with Gasteiger partial charge in [-0.3, -0.25) is 4.79 Å². The lowest BCUT2D eigenvalue weighted by Gasteiger charge is -2.36. The van der Waals surface area contributed by atoms with Crippen molar-refractivity contribution < 1.29 is 4.79 Å². The fraction of sp³-hybridized carbons (Fsp3) is 0.462. The van der Waals surface area contributed by atoms with Gasteiger partial charge in [-0.1, -0.05) is 18.2 Å². The zero-order valence-corrected chi connectivity index (χ0v) is 9.86. The molecule has 1 aliphatic heterocycles. The molecule has 1 aromatic carbocycles. The summed E-state index contributed by atoms with van der Waals surface area (Å²) in [6.07, 6.45) is 1.33. The Bertz CT molecular complexity index is 412. The Morgan fingerprint density at radius 3 is 2.75 bits per heavy atom. The van der Waals surface area contributed by atoms with Gasteiger partial charge in [0.1, 0.15) is 0 Å². The number of carbonyl (C=O) groups is 1. The fourth-order valence-electron chi connectivity index (χ4n) is 2.38. The lowest BCUT2D eigenvalue weighted by molar-refractivity contribution is -0.118. The number of fused-ring (bicyclic) bond motifs is 1. The van der Waals surface area contributed by atoms with Gasteiger partial charge in [0.2, 0.25) is 5.91 Å². The number of hydrogen-bond acceptors (Lipinski definition) is 2. The highest BCUT2D eigenvalue weighted by Gasteiger charge is 2.37. The molecule has 0 bridgehead atoms. The third-order valence-corrected chi connectivity index (χ3v) is 3.19. The van der Waals surface area contributed by atoms with Crippen LogP contribution in [0.25, 0.3) is 0 Å². The Morgan fingerprint density at radius 1 is 1.38 bits per heavy atom. The Balaban J connectivity index is 2.39. The zero-order valence-electron chi connectivity index (χ0n) is 9.86. The lowest BCUT2D eigenvalue weighted by Crippen LogP contribution is -2.47. The molecule has 16 heavy (non-hydrogen) atoms. The summed E-state index contributed by atoms with van der Waals surface area (Å²) < 4.78 is 0. The predicted molar refractivity (Wildman–Crippen MR) is 65.4 cm³/mol. The summed E-state index contributed by atoms with van der Waals surface area (Å²) in [4.78, 5) is 13.9. The largest absolute Gasteiger partial charge is 0.330 e. The van der Waals surface area contributed by atoms with Crippen LogP contribution in [0.15, 0.2) is 24.3 Å².